The van der Waals surface area contributed by atoms with Gasteiger partial charge in [0, 0.05) is 12.1 Å². The first-order valence-electron chi connectivity index (χ1n) is 7.66. The number of carbonyl (C=O) groups excluding carboxylic acids is 1. The van der Waals surface area contributed by atoms with E-state index in [4.69, 9.17) is 4.74 Å². The van der Waals surface area contributed by atoms with E-state index in [0.29, 0.717) is 19.6 Å². The lowest BCUT2D eigenvalue weighted by Crippen LogP contribution is -2.34. The van der Waals surface area contributed by atoms with E-state index in [2.05, 4.69) is 12.2 Å². The Kier molecular flexibility index (Phi) is 5.95. The lowest BCUT2D eigenvalue weighted by molar-refractivity contribution is -0.695. The molecular weight excluding hydrogens is 276 g/mol. The molecule has 22 heavy (non-hydrogen) atoms. The molecule has 0 aliphatic heterocycles. The van der Waals surface area contributed by atoms with Crippen LogP contribution in [0.15, 0.2) is 48.8 Å². The molecule has 0 bridgehead atoms. The summed E-state index contributed by atoms with van der Waals surface area (Å²) in [5.41, 5.74) is 1.94. The third-order valence-electron chi connectivity index (χ3n) is 3.28. The Hall–Kier alpha value is -2.36. The van der Waals surface area contributed by atoms with Gasteiger partial charge >= 0.3 is 0 Å². The first kappa shape index (κ1) is 16.0. The molecule has 1 N–H and O–H groups in total. The first-order chi connectivity index (χ1) is 10.7. The number of benzene rings is 1. The first-order valence-corrected chi connectivity index (χ1v) is 7.66. The Morgan fingerprint density at radius 1 is 1.18 bits per heavy atom. The number of nitrogens with one attached hydrogen (secondary N) is 1. The number of aryl methyl sites for hydroxylation is 2. The summed E-state index contributed by atoms with van der Waals surface area (Å²) in [4.78, 5) is 12.1. The van der Waals surface area contributed by atoms with Crippen molar-refractivity contribution in [2.75, 3.05) is 11.9 Å². The Morgan fingerprint density at radius 2 is 1.91 bits per heavy atom. The number of anilines is 1. The van der Waals surface area contributed by atoms with Crippen molar-refractivity contribution < 1.29 is 14.1 Å². The second kappa shape index (κ2) is 8.17. The summed E-state index contributed by atoms with van der Waals surface area (Å²) in [6.45, 7) is 5.40. The van der Waals surface area contributed by atoms with Gasteiger partial charge in [-0.2, -0.15) is 0 Å². The number of hydrogen-bond donors (Lipinski definition) is 1. The van der Waals surface area contributed by atoms with E-state index in [0.717, 1.165) is 17.9 Å². The standard InChI is InChI=1S/C18H22N2O2/c1-3-14-22-17-7-5-4-6-16(17)19-18(21)10-13-20-11-8-15(2)9-12-20/h4-9,11-12H,3,10,13-14H2,1-2H3/p+1. The summed E-state index contributed by atoms with van der Waals surface area (Å²) in [6.07, 6.45) is 5.34. The van der Waals surface area contributed by atoms with Crippen molar-refractivity contribution in [3.63, 3.8) is 0 Å². The van der Waals surface area contributed by atoms with Crippen LogP contribution in [-0.2, 0) is 11.3 Å². The second-order valence-corrected chi connectivity index (χ2v) is 5.26. The van der Waals surface area contributed by atoms with Crippen molar-refractivity contribution in [3.05, 3.63) is 54.4 Å². The predicted molar refractivity (Wildman–Crippen MR) is 86.8 cm³/mol. The van der Waals surface area contributed by atoms with Crippen LogP contribution < -0.4 is 14.6 Å². The van der Waals surface area contributed by atoms with Gasteiger partial charge in [-0.15, -0.1) is 0 Å². The molecule has 4 nitrogen and oxygen atoms in total. The third-order valence-corrected chi connectivity index (χ3v) is 3.28. The largest absolute Gasteiger partial charge is 0.491 e. The van der Waals surface area contributed by atoms with E-state index in [9.17, 15) is 4.79 Å². The summed E-state index contributed by atoms with van der Waals surface area (Å²) in [5.74, 6) is 0.710. The molecule has 0 radical (unpaired) electrons. The zero-order valence-electron chi connectivity index (χ0n) is 13.2. The number of nitrogens with zero attached hydrogens (tertiary/aromatic N) is 1. The van der Waals surface area contributed by atoms with E-state index in [-0.39, 0.29) is 5.91 Å². The molecule has 4 heteroatoms. The molecule has 2 rings (SSSR count). The van der Waals surface area contributed by atoms with Gasteiger partial charge in [0.2, 0.25) is 5.91 Å². The molecule has 0 atom stereocenters. The van der Waals surface area contributed by atoms with Crippen LogP contribution in [0.3, 0.4) is 0 Å². The SMILES string of the molecule is CCCOc1ccccc1NC(=O)CC[n+]1ccc(C)cc1. The van der Waals surface area contributed by atoms with Crippen LogP contribution in [0.5, 0.6) is 5.75 Å². The minimum atomic E-state index is -0.0133. The molecule has 0 fully saturated rings. The van der Waals surface area contributed by atoms with Crippen molar-refractivity contribution in [3.8, 4) is 5.75 Å². The highest BCUT2D eigenvalue weighted by atomic mass is 16.5. The van der Waals surface area contributed by atoms with Crippen molar-refractivity contribution in [2.45, 2.75) is 33.2 Å². The van der Waals surface area contributed by atoms with Gasteiger partial charge in [-0.3, -0.25) is 4.79 Å². The van der Waals surface area contributed by atoms with Gasteiger partial charge in [0.1, 0.15) is 5.75 Å². The van der Waals surface area contributed by atoms with Gasteiger partial charge in [0.15, 0.2) is 18.9 Å². The summed E-state index contributed by atoms with van der Waals surface area (Å²) < 4.78 is 7.65. The van der Waals surface area contributed by atoms with Crippen LogP contribution in [-0.4, -0.2) is 12.5 Å². The average Bonchev–Trinajstić information content (AvgIpc) is 2.53. The van der Waals surface area contributed by atoms with Crippen LogP contribution in [0.1, 0.15) is 25.3 Å². The summed E-state index contributed by atoms with van der Waals surface area (Å²) >= 11 is 0. The van der Waals surface area contributed by atoms with Crippen LogP contribution in [0.2, 0.25) is 0 Å². The number of hydrogen-bond acceptors (Lipinski definition) is 2. The number of aromatic nitrogens is 1. The monoisotopic (exact) mass is 299 g/mol. The van der Waals surface area contributed by atoms with Gasteiger partial charge in [-0.05, 0) is 31.0 Å². The number of amides is 1. The molecule has 1 aromatic carbocycles. The maximum atomic E-state index is 12.1. The summed E-state index contributed by atoms with van der Waals surface area (Å²) in [6, 6.07) is 11.6. The van der Waals surface area contributed by atoms with Gasteiger partial charge in [-0.1, -0.05) is 19.1 Å². The Labute approximate surface area is 131 Å². The number of ether oxygens (including phenoxy) is 1. The molecule has 1 amide bonds. The molecule has 2 aromatic rings. The van der Waals surface area contributed by atoms with Crippen LogP contribution in [0.4, 0.5) is 5.69 Å². The molecule has 116 valence electrons. The van der Waals surface area contributed by atoms with E-state index in [1.807, 2.05) is 60.3 Å². The Balaban J connectivity index is 1.90. The molecule has 0 saturated carbocycles. The molecular formula is C18H23N2O2+. The smallest absolute Gasteiger partial charge is 0.230 e. The van der Waals surface area contributed by atoms with Crippen LogP contribution in [0, 0.1) is 6.92 Å². The molecule has 0 spiro atoms. The molecule has 0 unspecified atom stereocenters. The third kappa shape index (κ3) is 4.88. The van der Waals surface area contributed by atoms with Gasteiger partial charge in [0.25, 0.3) is 0 Å². The number of pyridine rings is 1. The Bertz CT molecular complexity index is 609. The highest BCUT2D eigenvalue weighted by molar-refractivity contribution is 5.92. The van der Waals surface area contributed by atoms with Gasteiger partial charge in [0.05, 0.1) is 18.7 Å². The molecule has 1 heterocycles. The fourth-order valence-corrected chi connectivity index (χ4v) is 2.03. The quantitative estimate of drug-likeness (QED) is 0.798. The predicted octanol–water partition coefficient (Wildman–Crippen LogP) is 3.10. The van der Waals surface area contributed by atoms with E-state index in [1.54, 1.807) is 0 Å². The van der Waals surface area contributed by atoms with Crippen LogP contribution >= 0.6 is 0 Å². The minimum absolute atomic E-state index is 0.0133. The molecule has 0 aliphatic carbocycles. The van der Waals surface area contributed by atoms with Crippen LogP contribution in [0.25, 0.3) is 0 Å². The maximum absolute atomic E-state index is 12.1. The van der Waals surface area contributed by atoms with Crippen molar-refractivity contribution in [2.24, 2.45) is 0 Å². The van der Waals surface area contributed by atoms with Crippen molar-refractivity contribution >= 4 is 11.6 Å². The summed E-state index contributed by atoms with van der Waals surface area (Å²) in [7, 11) is 0. The number of carbonyl (C=O) groups is 1. The fourth-order valence-electron chi connectivity index (χ4n) is 2.03. The number of rotatable bonds is 7. The second-order valence-electron chi connectivity index (χ2n) is 5.26. The molecule has 1 aromatic heterocycles. The number of para-hydroxylation sites is 2. The maximum Gasteiger partial charge on any atom is 0.230 e. The highest BCUT2D eigenvalue weighted by Gasteiger charge is 2.10. The zero-order chi connectivity index (χ0) is 15.8. The topological polar surface area (TPSA) is 42.2 Å². The zero-order valence-corrected chi connectivity index (χ0v) is 13.2. The van der Waals surface area contributed by atoms with E-state index >= 15 is 0 Å². The van der Waals surface area contributed by atoms with Gasteiger partial charge in [-0.25, -0.2) is 4.57 Å². The average molecular weight is 299 g/mol. The minimum Gasteiger partial charge on any atom is -0.491 e. The fraction of sp³-hybridized carbons (Fsp3) is 0.333. The normalized spacial score (nSPS) is 10.3. The molecule has 0 saturated heterocycles. The molecule has 0 aliphatic rings. The van der Waals surface area contributed by atoms with Gasteiger partial charge < -0.3 is 10.1 Å². The Morgan fingerprint density at radius 3 is 2.64 bits per heavy atom. The lowest BCUT2D eigenvalue weighted by atomic mass is 10.2. The highest BCUT2D eigenvalue weighted by Crippen LogP contribution is 2.23. The lowest BCUT2D eigenvalue weighted by Gasteiger charge is -2.11. The van der Waals surface area contributed by atoms with Crippen molar-refractivity contribution in [1.29, 1.82) is 0 Å². The van der Waals surface area contributed by atoms with E-state index < -0.39 is 0 Å². The van der Waals surface area contributed by atoms with Crippen molar-refractivity contribution in [1.82, 2.24) is 0 Å². The van der Waals surface area contributed by atoms with E-state index in [1.165, 1.54) is 5.56 Å². The summed E-state index contributed by atoms with van der Waals surface area (Å²) in [5, 5.41) is 2.92.